The SMILES string of the molecule is CCCCN1C(=O)C(C#N)=C(C)/C(=C/c2sc(N(CCCC)CCCC)nc2-c2ccc(OC)cc2)C1=O. The van der Waals surface area contributed by atoms with Crippen LogP contribution < -0.4 is 9.64 Å². The molecule has 0 saturated carbocycles. The fraction of sp³-hybridized carbons (Fsp3) is 0.467. The van der Waals surface area contributed by atoms with Gasteiger partial charge in [-0.2, -0.15) is 5.26 Å². The highest BCUT2D eigenvalue weighted by molar-refractivity contribution is 7.17. The molecule has 1 aromatic carbocycles. The molecule has 3 rings (SSSR count). The van der Waals surface area contributed by atoms with Crippen molar-refractivity contribution in [3.05, 3.63) is 45.9 Å². The van der Waals surface area contributed by atoms with Crippen molar-refractivity contribution in [3.63, 3.8) is 0 Å². The van der Waals surface area contributed by atoms with E-state index in [-0.39, 0.29) is 11.5 Å². The van der Waals surface area contributed by atoms with Gasteiger partial charge in [0.05, 0.1) is 17.7 Å². The molecule has 1 aromatic heterocycles. The molecule has 2 aromatic rings. The van der Waals surface area contributed by atoms with Crippen molar-refractivity contribution in [3.8, 4) is 23.1 Å². The van der Waals surface area contributed by atoms with Crippen LogP contribution in [0.25, 0.3) is 17.3 Å². The maximum absolute atomic E-state index is 13.5. The second kappa shape index (κ2) is 13.9. The molecular formula is C30H38N4O3S. The first-order chi connectivity index (χ1) is 18.4. The maximum atomic E-state index is 13.5. The molecule has 0 unspecified atom stereocenters. The number of amides is 2. The van der Waals surface area contributed by atoms with Crippen molar-refractivity contribution in [2.24, 2.45) is 0 Å². The van der Waals surface area contributed by atoms with Crippen molar-refractivity contribution >= 4 is 34.4 Å². The first-order valence-corrected chi connectivity index (χ1v) is 14.3. The molecule has 0 spiro atoms. The number of anilines is 1. The Bertz CT molecular complexity index is 1230. The number of hydrogen-bond donors (Lipinski definition) is 0. The quantitative estimate of drug-likeness (QED) is 0.212. The highest BCUT2D eigenvalue weighted by Gasteiger charge is 2.35. The number of aromatic nitrogens is 1. The van der Waals surface area contributed by atoms with E-state index in [2.05, 4.69) is 18.7 Å². The highest BCUT2D eigenvalue weighted by atomic mass is 32.1. The zero-order chi connectivity index (χ0) is 27.7. The van der Waals surface area contributed by atoms with Crippen LogP contribution in [0.2, 0.25) is 0 Å². The Morgan fingerprint density at radius 2 is 1.66 bits per heavy atom. The van der Waals surface area contributed by atoms with E-state index < -0.39 is 5.91 Å². The fourth-order valence-corrected chi connectivity index (χ4v) is 5.37. The lowest BCUT2D eigenvalue weighted by atomic mass is 9.94. The number of carbonyl (C=O) groups excluding carboxylic acids is 2. The van der Waals surface area contributed by atoms with Crippen LogP contribution in [-0.2, 0) is 9.59 Å². The molecule has 0 aliphatic carbocycles. The van der Waals surface area contributed by atoms with Crippen LogP contribution in [0, 0.1) is 11.3 Å². The van der Waals surface area contributed by atoms with Gasteiger partial charge >= 0.3 is 0 Å². The maximum Gasteiger partial charge on any atom is 0.271 e. The number of rotatable bonds is 13. The van der Waals surface area contributed by atoms with Gasteiger partial charge in [0.1, 0.15) is 17.4 Å². The van der Waals surface area contributed by atoms with E-state index in [9.17, 15) is 14.9 Å². The van der Waals surface area contributed by atoms with Gasteiger partial charge in [-0.15, -0.1) is 0 Å². The Hall–Kier alpha value is -3.44. The van der Waals surface area contributed by atoms with Gasteiger partial charge in [0, 0.05) is 30.8 Å². The largest absolute Gasteiger partial charge is 0.497 e. The van der Waals surface area contributed by atoms with Gasteiger partial charge in [-0.05, 0) is 62.1 Å². The predicted octanol–water partition coefficient (Wildman–Crippen LogP) is 6.62. The summed E-state index contributed by atoms with van der Waals surface area (Å²) in [6, 6.07) is 9.75. The van der Waals surface area contributed by atoms with E-state index >= 15 is 0 Å². The average molecular weight is 535 g/mol. The van der Waals surface area contributed by atoms with Gasteiger partial charge < -0.3 is 9.64 Å². The van der Waals surface area contributed by atoms with Gasteiger partial charge in [-0.25, -0.2) is 4.98 Å². The average Bonchev–Trinajstić information content (AvgIpc) is 3.35. The van der Waals surface area contributed by atoms with Gasteiger partial charge in [0.25, 0.3) is 11.8 Å². The minimum Gasteiger partial charge on any atom is -0.497 e. The molecule has 2 heterocycles. The standard InChI is InChI=1S/C30H38N4O3S/c1-6-9-16-33(17-10-7-2)30-32-27(22-12-14-23(37-5)15-13-22)26(38-30)19-24-21(4)25(20-31)29(36)34(28(24)35)18-11-8-3/h12-15,19H,6-11,16-18H2,1-5H3/b24-19-. The van der Waals surface area contributed by atoms with Crippen molar-refractivity contribution in [1.82, 2.24) is 9.88 Å². The number of methoxy groups -OCH3 is 1. The summed E-state index contributed by atoms with van der Waals surface area (Å²) >= 11 is 1.55. The Kier molecular flexibility index (Phi) is 10.7. The molecule has 0 atom stereocenters. The van der Waals surface area contributed by atoms with Crippen molar-refractivity contribution < 1.29 is 14.3 Å². The minimum absolute atomic E-state index is 0.0233. The number of unbranched alkanes of at least 4 members (excludes halogenated alkanes) is 3. The summed E-state index contributed by atoms with van der Waals surface area (Å²) in [5, 5.41) is 10.7. The molecule has 38 heavy (non-hydrogen) atoms. The third kappa shape index (κ3) is 6.51. The molecule has 0 saturated heterocycles. The number of nitrogens with zero attached hydrogens (tertiary/aromatic N) is 4. The highest BCUT2D eigenvalue weighted by Crippen LogP contribution is 2.38. The topological polar surface area (TPSA) is 86.5 Å². The Labute approximate surface area is 230 Å². The van der Waals surface area contributed by atoms with E-state index in [0.717, 1.165) is 72.2 Å². The van der Waals surface area contributed by atoms with Crippen LogP contribution in [0.1, 0.15) is 71.1 Å². The summed E-state index contributed by atoms with van der Waals surface area (Å²) in [5.41, 5.74) is 2.50. The second-order valence-corrected chi connectivity index (χ2v) is 10.4. The molecule has 0 bridgehead atoms. The number of ether oxygens (including phenoxy) is 1. The summed E-state index contributed by atoms with van der Waals surface area (Å²) in [5.74, 6) is -0.114. The van der Waals surface area contributed by atoms with Crippen LogP contribution in [0.3, 0.4) is 0 Å². The minimum atomic E-state index is -0.508. The zero-order valence-corrected chi connectivity index (χ0v) is 24.0. The lowest BCUT2D eigenvalue weighted by Gasteiger charge is -2.27. The van der Waals surface area contributed by atoms with Crippen molar-refractivity contribution in [1.29, 1.82) is 5.26 Å². The number of thiazole rings is 1. The fourth-order valence-electron chi connectivity index (χ4n) is 4.29. The van der Waals surface area contributed by atoms with Gasteiger partial charge in [0.15, 0.2) is 5.13 Å². The van der Waals surface area contributed by atoms with E-state index in [1.165, 1.54) is 4.90 Å². The van der Waals surface area contributed by atoms with Crippen LogP contribution in [0.4, 0.5) is 5.13 Å². The van der Waals surface area contributed by atoms with Gasteiger partial charge in [-0.3, -0.25) is 14.5 Å². The van der Waals surface area contributed by atoms with Gasteiger partial charge in [-0.1, -0.05) is 51.4 Å². The molecule has 2 amide bonds. The van der Waals surface area contributed by atoms with Crippen LogP contribution in [0.15, 0.2) is 41.0 Å². The smallest absolute Gasteiger partial charge is 0.271 e. The monoisotopic (exact) mass is 534 g/mol. The lowest BCUT2D eigenvalue weighted by Crippen LogP contribution is -2.43. The molecule has 202 valence electrons. The summed E-state index contributed by atoms with van der Waals surface area (Å²) in [6.07, 6.45) is 7.66. The first kappa shape index (κ1) is 29.1. The second-order valence-electron chi connectivity index (χ2n) is 9.42. The van der Waals surface area contributed by atoms with Crippen molar-refractivity contribution in [2.45, 2.75) is 66.2 Å². The molecule has 0 radical (unpaired) electrons. The van der Waals surface area contributed by atoms with Crippen LogP contribution in [-0.4, -0.2) is 48.4 Å². The molecule has 1 aliphatic rings. The Morgan fingerprint density at radius 1 is 1.03 bits per heavy atom. The predicted molar refractivity (Wildman–Crippen MR) is 154 cm³/mol. The summed E-state index contributed by atoms with van der Waals surface area (Å²) in [7, 11) is 1.63. The summed E-state index contributed by atoms with van der Waals surface area (Å²) < 4.78 is 5.34. The summed E-state index contributed by atoms with van der Waals surface area (Å²) in [4.78, 5) is 35.9. The molecule has 1 aliphatic heterocycles. The number of carbonyl (C=O) groups is 2. The molecule has 0 N–H and O–H groups in total. The summed E-state index contributed by atoms with van der Waals surface area (Å²) in [6.45, 7) is 10.2. The number of hydrogen-bond acceptors (Lipinski definition) is 7. The Balaban J connectivity index is 2.17. The third-order valence-corrected chi connectivity index (χ3v) is 7.74. The lowest BCUT2D eigenvalue weighted by molar-refractivity contribution is -0.140. The first-order valence-electron chi connectivity index (χ1n) is 13.5. The third-order valence-electron chi connectivity index (χ3n) is 6.68. The van der Waals surface area contributed by atoms with E-state index in [1.54, 1.807) is 25.4 Å². The van der Waals surface area contributed by atoms with Gasteiger partial charge in [0.2, 0.25) is 0 Å². The van der Waals surface area contributed by atoms with Crippen LogP contribution >= 0.6 is 11.3 Å². The molecule has 7 nitrogen and oxygen atoms in total. The molecule has 8 heteroatoms. The Morgan fingerprint density at radius 3 is 2.21 bits per heavy atom. The van der Waals surface area contributed by atoms with E-state index in [4.69, 9.17) is 9.72 Å². The zero-order valence-electron chi connectivity index (χ0n) is 23.2. The molecular weight excluding hydrogens is 496 g/mol. The normalized spacial score (nSPS) is 14.8. The number of nitriles is 1. The van der Waals surface area contributed by atoms with E-state index in [0.29, 0.717) is 24.1 Å². The number of imide groups is 1. The van der Waals surface area contributed by atoms with E-state index in [1.807, 2.05) is 43.3 Å². The van der Waals surface area contributed by atoms with Crippen molar-refractivity contribution in [2.75, 3.05) is 31.6 Å². The van der Waals surface area contributed by atoms with Crippen LogP contribution in [0.5, 0.6) is 5.75 Å². The molecule has 0 fully saturated rings. The number of benzene rings is 1.